The minimum Gasteiger partial charge on any atom is -0.349 e. The van der Waals surface area contributed by atoms with Gasteiger partial charge in [0.15, 0.2) is 0 Å². The van der Waals surface area contributed by atoms with Crippen LogP contribution < -0.4 is 5.32 Å². The van der Waals surface area contributed by atoms with Crippen molar-refractivity contribution in [1.29, 1.82) is 0 Å². The topological polar surface area (TPSA) is 29.1 Å². The Hall–Kier alpha value is -1.26. The van der Waals surface area contributed by atoms with E-state index in [9.17, 15) is 18.0 Å². The number of alkyl halides is 3. The summed E-state index contributed by atoms with van der Waals surface area (Å²) >= 11 is 0. The molecule has 1 aliphatic carbocycles. The van der Waals surface area contributed by atoms with Gasteiger partial charge in [-0.3, -0.25) is 4.79 Å². The monoisotopic (exact) mass is 219 g/mol. The summed E-state index contributed by atoms with van der Waals surface area (Å²) in [6, 6.07) is -0.875. The number of rotatable bonds is 2. The highest BCUT2D eigenvalue weighted by atomic mass is 19.4. The van der Waals surface area contributed by atoms with Gasteiger partial charge in [-0.25, -0.2) is 0 Å². The first-order valence-corrected chi connectivity index (χ1v) is 4.60. The number of carbonyl (C=O) groups excluding carboxylic acids is 1. The molecule has 0 aromatic rings. The normalized spacial score (nSPS) is 26.1. The quantitative estimate of drug-likeness (QED) is 0.559. The molecule has 2 nitrogen and oxygen atoms in total. The minimum atomic E-state index is -4.27. The molecule has 0 unspecified atom stereocenters. The molecule has 1 aliphatic rings. The van der Waals surface area contributed by atoms with Gasteiger partial charge in [-0.1, -0.05) is 18.7 Å². The van der Waals surface area contributed by atoms with Crippen LogP contribution in [0.1, 0.15) is 12.8 Å². The molecule has 1 N–H and O–H groups in total. The van der Waals surface area contributed by atoms with Crippen molar-refractivity contribution in [1.82, 2.24) is 5.32 Å². The van der Waals surface area contributed by atoms with Crippen LogP contribution in [0.2, 0.25) is 0 Å². The summed E-state index contributed by atoms with van der Waals surface area (Å²) in [5.41, 5.74) is 0. The maximum absolute atomic E-state index is 12.5. The Kier molecular flexibility index (Phi) is 3.55. The third-order valence-corrected chi connectivity index (χ3v) is 2.37. The molecule has 0 aliphatic heterocycles. The zero-order valence-electron chi connectivity index (χ0n) is 8.05. The standard InChI is InChI=1S/C10H12F3NO/c1-2-9(15)14-8-6-4-3-5-7(8)10(11,12)13/h2-4,7-8H,1,5-6H2,(H,14,15)/t7-,8-/m1/s1. The molecule has 0 bridgehead atoms. The first-order valence-electron chi connectivity index (χ1n) is 4.60. The van der Waals surface area contributed by atoms with Crippen molar-refractivity contribution in [3.05, 3.63) is 24.8 Å². The summed E-state index contributed by atoms with van der Waals surface area (Å²) in [7, 11) is 0. The Morgan fingerprint density at radius 1 is 1.40 bits per heavy atom. The van der Waals surface area contributed by atoms with E-state index in [4.69, 9.17) is 0 Å². The van der Waals surface area contributed by atoms with E-state index in [2.05, 4.69) is 11.9 Å². The second-order valence-corrected chi connectivity index (χ2v) is 3.41. The smallest absolute Gasteiger partial charge is 0.349 e. The van der Waals surface area contributed by atoms with Crippen LogP contribution in [-0.2, 0) is 4.79 Å². The van der Waals surface area contributed by atoms with E-state index in [1.807, 2.05) is 0 Å². The van der Waals surface area contributed by atoms with Crippen LogP contribution in [-0.4, -0.2) is 18.1 Å². The van der Waals surface area contributed by atoms with Gasteiger partial charge in [0.05, 0.1) is 5.92 Å². The molecule has 1 amide bonds. The lowest BCUT2D eigenvalue weighted by atomic mass is 9.88. The van der Waals surface area contributed by atoms with E-state index in [1.165, 1.54) is 6.08 Å². The van der Waals surface area contributed by atoms with E-state index in [0.717, 1.165) is 6.08 Å². The van der Waals surface area contributed by atoms with Crippen molar-refractivity contribution < 1.29 is 18.0 Å². The molecular formula is C10H12F3NO. The Morgan fingerprint density at radius 2 is 2.00 bits per heavy atom. The minimum absolute atomic E-state index is 0.0778. The molecule has 2 atom stereocenters. The van der Waals surface area contributed by atoms with E-state index in [-0.39, 0.29) is 12.8 Å². The molecule has 0 fully saturated rings. The van der Waals surface area contributed by atoms with Crippen LogP contribution in [0.25, 0.3) is 0 Å². The molecular weight excluding hydrogens is 207 g/mol. The van der Waals surface area contributed by atoms with Gasteiger partial charge in [0.25, 0.3) is 0 Å². The molecule has 0 spiro atoms. The zero-order chi connectivity index (χ0) is 11.5. The fourth-order valence-corrected chi connectivity index (χ4v) is 1.58. The van der Waals surface area contributed by atoms with Crippen LogP contribution in [0.15, 0.2) is 24.8 Å². The largest absolute Gasteiger partial charge is 0.394 e. The predicted molar refractivity (Wildman–Crippen MR) is 50.0 cm³/mol. The second-order valence-electron chi connectivity index (χ2n) is 3.41. The van der Waals surface area contributed by atoms with Crippen LogP contribution >= 0.6 is 0 Å². The second kappa shape index (κ2) is 4.51. The van der Waals surface area contributed by atoms with Gasteiger partial charge in [-0.2, -0.15) is 13.2 Å². The molecule has 0 radical (unpaired) electrons. The van der Waals surface area contributed by atoms with Crippen LogP contribution in [0.3, 0.4) is 0 Å². The maximum atomic E-state index is 12.5. The molecule has 0 heterocycles. The maximum Gasteiger partial charge on any atom is 0.394 e. The molecule has 84 valence electrons. The van der Waals surface area contributed by atoms with Gasteiger partial charge in [-0.15, -0.1) is 0 Å². The highest BCUT2D eigenvalue weighted by molar-refractivity contribution is 5.87. The van der Waals surface area contributed by atoms with Crippen molar-refractivity contribution in [2.45, 2.75) is 25.1 Å². The Balaban J connectivity index is 2.71. The predicted octanol–water partition coefficient (Wildman–Crippen LogP) is 2.19. The number of amides is 1. The van der Waals surface area contributed by atoms with Crippen molar-refractivity contribution in [3.63, 3.8) is 0 Å². The molecule has 0 saturated carbocycles. The number of nitrogens with one attached hydrogen (secondary N) is 1. The summed E-state index contributed by atoms with van der Waals surface area (Å²) in [5.74, 6) is -2.06. The summed E-state index contributed by atoms with van der Waals surface area (Å²) in [6.07, 6.45) is -0.0179. The number of hydrogen-bond acceptors (Lipinski definition) is 1. The average molecular weight is 219 g/mol. The molecule has 5 heteroatoms. The molecule has 0 aromatic carbocycles. The van der Waals surface area contributed by atoms with Crippen molar-refractivity contribution in [2.75, 3.05) is 0 Å². The zero-order valence-corrected chi connectivity index (χ0v) is 8.05. The van der Waals surface area contributed by atoms with Crippen LogP contribution in [0.5, 0.6) is 0 Å². The lowest BCUT2D eigenvalue weighted by Crippen LogP contribution is -2.46. The van der Waals surface area contributed by atoms with E-state index >= 15 is 0 Å². The molecule has 0 saturated heterocycles. The van der Waals surface area contributed by atoms with E-state index in [0.29, 0.717) is 0 Å². The van der Waals surface area contributed by atoms with Gasteiger partial charge in [0.1, 0.15) is 0 Å². The fourth-order valence-electron chi connectivity index (χ4n) is 1.58. The van der Waals surface area contributed by atoms with Gasteiger partial charge < -0.3 is 5.32 Å². The van der Waals surface area contributed by atoms with Crippen LogP contribution in [0, 0.1) is 5.92 Å². The fraction of sp³-hybridized carbons (Fsp3) is 0.500. The van der Waals surface area contributed by atoms with E-state index in [1.54, 1.807) is 6.08 Å². The Labute approximate surface area is 85.8 Å². The first kappa shape index (κ1) is 11.8. The number of hydrogen-bond donors (Lipinski definition) is 1. The van der Waals surface area contributed by atoms with Gasteiger partial charge >= 0.3 is 6.18 Å². The number of carbonyl (C=O) groups is 1. The Morgan fingerprint density at radius 3 is 2.53 bits per heavy atom. The van der Waals surface area contributed by atoms with Crippen LogP contribution in [0.4, 0.5) is 13.2 Å². The summed E-state index contributed by atoms with van der Waals surface area (Å²) in [5, 5.41) is 2.30. The summed E-state index contributed by atoms with van der Waals surface area (Å²) < 4.78 is 37.6. The van der Waals surface area contributed by atoms with Gasteiger partial charge in [-0.05, 0) is 18.9 Å². The number of halogens is 3. The van der Waals surface area contributed by atoms with Gasteiger partial charge in [0, 0.05) is 6.04 Å². The first-order chi connectivity index (χ1) is 6.95. The van der Waals surface area contributed by atoms with Gasteiger partial charge in [0.2, 0.25) is 5.91 Å². The van der Waals surface area contributed by atoms with Crippen molar-refractivity contribution in [2.24, 2.45) is 5.92 Å². The molecule has 0 aromatic heterocycles. The molecule has 15 heavy (non-hydrogen) atoms. The lowest BCUT2D eigenvalue weighted by Gasteiger charge is -2.30. The lowest BCUT2D eigenvalue weighted by molar-refractivity contribution is -0.182. The summed E-state index contributed by atoms with van der Waals surface area (Å²) in [6.45, 7) is 3.20. The SMILES string of the molecule is C=CC(=O)N[C@@H]1CC=CC[C@H]1C(F)(F)F. The highest BCUT2D eigenvalue weighted by Crippen LogP contribution is 2.35. The average Bonchev–Trinajstić information content (AvgIpc) is 2.17. The summed E-state index contributed by atoms with van der Waals surface area (Å²) in [4.78, 5) is 10.9. The van der Waals surface area contributed by atoms with Crippen molar-refractivity contribution in [3.8, 4) is 0 Å². The Bertz CT molecular complexity index is 283. The molecule has 1 rings (SSSR count). The highest BCUT2D eigenvalue weighted by Gasteiger charge is 2.44. The third-order valence-electron chi connectivity index (χ3n) is 2.37. The van der Waals surface area contributed by atoms with E-state index < -0.39 is 24.0 Å². The van der Waals surface area contributed by atoms with Crippen molar-refractivity contribution >= 4 is 5.91 Å². The third kappa shape index (κ3) is 3.11. The number of allylic oxidation sites excluding steroid dienone is 1.